The highest BCUT2D eigenvalue weighted by Crippen LogP contribution is 2.15. The van der Waals surface area contributed by atoms with Crippen molar-refractivity contribution in [2.45, 2.75) is 39.8 Å². The molecular formula is C15H20N2O2. The van der Waals surface area contributed by atoms with Gasteiger partial charge in [0.15, 0.2) is 0 Å². The highest BCUT2D eigenvalue weighted by Gasteiger charge is 2.26. The van der Waals surface area contributed by atoms with Crippen LogP contribution < -0.4 is 5.32 Å². The topological polar surface area (TPSA) is 49.4 Å². The molecule has 2 amide bonds. The summed E-state index contributed by atoms with van der Waals surface area (Å²) in [5, 5.41) is 2.70. The van der Waals surface area contributed by atoms with Gasteiger partial charge in [0.05, 0.1) is 0 Å². The first-order valence-corrected chi connectivity index (χ1v) is 6.61. The molecule has 1 N–H and O–H groups in total. The molecule has 0 saturated carbocycles. The van der Waals surface area contributed by atoms with Crippen LogP contribution in [0.3, 0.4) is 0 Å². The van der Waals surface area contributed by atoms with Crippen molar-refractivity contribution in [1.82, 2.24) is 10.2 Å². The largest absolute Gasteiger partial charge is 0.345 e. The molecule has 0 aliphatic carbocycles. The zero-order chi connectivity index (χ0) is 14.0. The lowest BCUT2D eigenvalue weighted by Gasteiger charge is -2.23. The molecule has 1 unspecified atom stereocenters. The molecule has 1 fully saturated rings. The van der Waals surface area contributed by atoms with Gasteiger partial charge in [-0.25, -0.2) is 0 Å². The molecule has 0 aromatic heterocycles. The molecule has 1 aliphatic rings. The van der Waals surface area contributed by atoms with Crippen LogP contribution in [0.4, 0.5) is 0 Å². The number of hydrogen-bond donors (Lipinski definition) is 1. The van der Waals surface area contributed by atoms with Crippen LogP contribution in [0.15, 0.2) is 18.2 Å². The van der Waals surface area contributed by atoms with Crippen molar-refractivity contribution in [2.75, 3.05) is 6.54 Å². The van der Waals surface area contributed by atoms with E-state index in [1.165, 1.54) is 11.1 Å². The second-order valence-corrected chi connectivity index (χ2v) is 5.23. The first kappa shape index (κ1) is 13.6. The van der Waals surface area contributed by atoms with Gasteiger partial charge in [-0.3, -0.25) is 9.59 Å². The van der Waals surface area contributed by atoms with E-state index in [2.05, 4.69) is 23.5 Å². The van der Waals surface area contributed by atoms with Crippen molar-refractivity contribution in [2.24, 2.45) is 0 Å². The minimum absolute atomic E-state index is 0.00763. The molecule has 0 bridgehead atoms. The summed E-state index contributed by atoms with van der Waals surface area (Å²) < 4.78 is 0. The third-order valence-corrected chi connectivity index (χ3v) is 3.53. The van der Waals surface area contributed by atoms with Crippen LogP contribution in [0.2, 0.25) is 0 Å². The predicted octanol–water partition coefficient (Wildman–Crippen LogP) is 1.54. The van der Waals surface area contributed by atoms with Crippen molar-refractivity contribution in [3.8, 4) is 0 Å². The van der Waals surface area contributed by atoms with Crippen LogP contribution in [0.5, 0.6) is 0 Å². The van der Waals surface area contributed by atoms with Crippen LogP contribution in [0.1, 0.15) is 30.0 Å². The number of aryl methyl sites for hydroxylation is 2. The summed E-state index contributed by atoms with van der Waals surface area (Å²) in [6.07, 6.45) is 0.376. The van der Waals surface area contributed by atoms with Gasteiger partial charge in [0, 0.05) is 19.5 Å². The summed E-state index contributed by atoms with van der Waals surface area (Å²) in [5.74, 6) is -0.0592. The summed E-state index contributed by atoms with van der Waals surface area (Å²) in [7, 11) is 0. The van der Waals surface area contributed by atoms with E-state index in [-0.39, 0.29) is 11.8 Å². The molecule has 1 aliphatic heterocycles. The van der Waals surface area contributed by atoms with Crippen LogP contribution in [-0.4, -0.2) is 29.3 Å². The fraction of sp³-hybridized carbons (Fsp3) is 0.467. The molecular weight excluding hydrogens is 240 g/mol. The van der Waals surface area contributed by atoms with E-state index >= 15 is 0 Å². The van der Waals surface area contributed by atoms with E-state index in [9.17, 15) is 9.59 Å². The van der Waals surface area contributed by atoms with Crippen molar-refractivity contribution < 1.29 is 9.59 Å². The molecule has 0 spiro atoms. The Morgan fingerprint density at radius 1 is 1.32 bits per heavy atom. The van der Waals surface area contributed by atoms with E-state index in [4.69, 9.17) is 0 Å². The molecule has 4 heteroatoms. The molecule has 19 heavy (non-hydrogen) atoms. The van der Waals surface area contributed by atoms with Gasteiger partial charge in [-0.15, -0.1) is 0 Å². The lowest BCUT2D eigenvalue weighted by molar-refractivity contribution is -0.133. The van der Waals surface area contributed by atoms with Crippen LogP contribution in [0.25, 0.3) is 0 Å². The van der Waals surface area contributed by atoms with E-state index < -0.39 is 6.04 Å². The smallest absolute Gasteiger partial charge is 0.245 e. The van der Waals surface area contributed by atoms with E-state index in [1.54, 1.807) is 11.8 Å². The number of benzene rings is 1. The Morgan fingerprint density at radius 3 is 2.79 bits per heavy atom. The molecule has 1 aromatic rings. The summed E-state index contributed by atoms with van der Waals surface area (Å²) in [6.45, 7) is 6.89. The van der Waals surface area contributed by atoms with Gasteiger partial charge >= 0.3 is 0 Å². The Hall–Kier alpha value is -1.84. The lowest BCUT2D eigenvalue weighted by Crippen LogP contribution is -2.42. The Kier molecular flexibility index (Phi) is 3.88. The number of amides is 2. The monoisotopic (exact) mass is 260 g/mol. The fourth-order valence-corrected chi connectivity index (χ4v) is 2.33. The normalized spacial score (nSPS) is 20.2. The second kappa shape index (κ2) is 5.43. The fourth-order valence-electron chi connectivity index (χ4n) is 2.33. The van der Waals surface area contributed by atoms with Crippen molar-refractivity contribution in [3.63, 3.8) is 0 Å². The summed E-state index contributed by atoms with van der Waals surface area (Å²) in [6, 6.07) is 5.81. The molecule has 1 aromatic carbocycles. The zero-order valence-electron chi connectivity index (χ0n) is 11.7. The average Bonchev–Trinajstić information content (AvgIpc) is 2.47. The minimum atomic E-state index is -0.430. The molecule has 102 valence electrons. The SMILES string of the molecule is Cc1ccc(C)c(CN2CCC(=O)NC(C)C2=O)c1. The highest BCUT2D eigenvalue weighted by atomic mass is 16.2. The third-order valence-electron chi connectivity index (χ3n) is 3.53. The number of nitrogens with zero attached hydrogens (tertiary/aromatic N) is 1. The van der Waals surface area contributed by atoms with E-state index in [0.29, 0.717) is 19.5 Å². The molecule has 0 radical (unpaired) electrons. The Labute approximate surface area is 113 Å². The predicted molar refractivity (Wildman–Crippen MR) is 73.6 cm³/mol. The molecule has 2 rings (SSSR count). The van der Waals surface area contributed by atoms with Gasteiger partial charge < -0.3 is 10.2 Å². The number of carbonyl (C=O) groups is 2. The Morgan fingerprint density at radius 2 is 2.05 bits per heavy atom. The Bertz CT molecular complexity index is 511. The minimum Gasteiger partial charge on any atom is -0.345 e. The van der Waals surface area contributed by atoms with Crippen LogP contribution in [0, 0.1) is 13.8 Å². The maximum Gasteiger partial charge on any atom is 0.245 e. The molecule has 4 nitrogen and oxygen atoms in total. The van der Waals surface area contributed by atoms with Gasteiger partial charge in [0.2, 0.25) is 11.8 Å². The lowest BCUT2D eigenvalue weighted by atomic mass is 10.0. The van der Waals surface area contributed by atoms with Gasteiger partial charge in [0.25, 0.3) is 0 Å². The quantitative estimate of drug-likeness (QED) is 0.877. The number of nitrogens with one attached hydrogen (secondary N) is 1. The van der Waals surface area contributed by atoms with E-state index in [1.807, 2.05) is 13.8 Å². The van der Waals surface area contributed by atoms with Crippen LogP contribution >= 0.6 is 0 Å². The standard InChI is InChI=1S/C15H20N2O2/c1-10-4-5-11(2)13(8-10)9-17-7-6-14(18)16-12(3)15(17)19/h4-5,8,12H,6-7,9H2,1-3H3,(H,16,18). The second-order valence-electron chi connectivity index (χ2n) is 5.23. The maximum atomic E-state index is 12.2. The highest BCUT2D eigenvalue weighted by molar-refractivity contribution is 5.89. The Balaban J connectivity index is 2.19. The molecule has 1 heterocycles. The number of hydrogen-bond acceptors (Lipinski definition) is 2. The summed E-state index contributed by atoms with van der Waals surface area (Å²) in [4.78, 5) is 25.4. The van der Waals surface area contributed by atoms with Gasteiger partial charge in [-0.2, -0.15) is 0 Å². The number of carbonyl (C=O) groups excluding carboxylic acids is 2. The first-order valence-electron chi connectivity index (χ1n) is 6.61. The molecule has 1 atom stereocenters. The summed E-state index contributed by atoms with van der Waals surface area (Å²) >= 11 is 0. The first-order chi connectivity index (χ1) is 8.97. The molecule has 1 saturated heterocycles. The van der Waals surface area contributed by atoms with Crippen molar-refractivity contribution in [1.29, 1.82) is 0 Å². The van der Waals surface area contributed by atoms with Crippen LogP contribution in [-0.2, 0) is 16.1 Å². The average molecular weight is 260 g/mol. The van der Waals surface area contributed by atoms with Gasteiger partial charge in [0.1, 0.15) is 6.04 Å². The third kappa shape index (κ3) is 3.13. The van der Waals surface area contributed by atoms with Gasteiger partial charge in [-0.05, 0) is 31.9 Å². The van der Waals surface area contributed by atoms with Crippen molar-refractivity contribution in [3.05, 3.63) is 34.9 Å². The zero-order valence-corrected chi connectivity index (χ0v) is 11.7. The number of rotatable bonds is 2. The van der Waals surface area contributed by atoms with Crippen molar-refractivity contribution >= 4 is 11.8 Å². The van der Waals surface area contributed by atoms with Gasteiger partial charge in [-0.1, -0.05) is 23.8 Å². The van der Waals surface area contributed by atoms with E-state index in [0.717, 1.165) is 5.56 Å². The maximum absolute atomic E-state index is 12.2. The summed E-state index contributed by atoms with van der Waals surface area (Å²) in [5.41, 5.74) is 3.51.